The Morgan fingerprint density at radius 3 is 2.38 bits per heavy atom. The van der Waals surface area contributed by atoms with Crippen molar-refractivity contribution in [2.75, 3.05) is 0 Å². The Bertz CT molecular complexity index is 721. The summed E-state index contributed by atoms with van der Waals surface area (Å²) in [5, 5.41) is 0. The molecule has 1 aromatic heterocycles. The van der Waals surface area contributed by atoms with Crippen LogP contribution in [0.2, 0.25) is 0 Å². The number of ether oxygens (including phenoxy) is 1. The molecule has 5 heteroatoms. The Kier molecular flexibility index (Phi) is 5.95. The van der Waals surface area contributed by atoms with Crippen LogP contribution in [-0.4, -0.2) is 21.7 Å². The van der Waals surface area contributed by atoms with Gasteiger partial charge in [0.05, 0.1) is 5.56 Å². The highest BCUT2D eigenvalue weighted by Crippen LogP contribution is 2.18. The lowest BCUT2D eigenvalue weighted by Crippen LogP contribution is -2.11. The van der Waals surface area contributed by atoms with Gasteiger partial charge in [0.25, 0.3) is 0 Å². The molecule has 0 bridgehead atoms. The van der Waals surface area contributed by atoms with Gasteiger partial charge in [0, 0.05) is 18.3 Å². The molecule has 1 atom stereocenters. The molecule has 24 heavy (non-hydrogen) atoms. The summed E-state index contributed by atoms with van der Waals surface area (Å²) < 4.78 is 5.16. The summed E-state index contributed by atoms with van der Waals surface area (Å²) in [6.45, 7) is 7.35. The van der Waals surface area contributed by atoms with E-state index in [0.29, 0.717) is 5.56 Å². The lowest BCUT2D eigenvalue weighted by molar-refractivity contribution is -0.115. The molecule has 1 heterocycles. The molecule has 0 radical (unpaired) electrons. The lowest BCUT2D eigenvalue weighted by atomic mass is 9.96. The van der Waals surface area contributed by atoms with Gasteiger partial charge >= 0.3 is 12.0 Å². The minimum Gasteiger partial charge on any atom is -0.387 e. The summed E-state index contributed by atoms with van der Waals surface area (Å²) in [6.07, 6.45) is 6.50. The van der Waals surface area contributed by atoms with Gasteiger partial charge in [-0.1, -0.05) is 39.0 Å². The molecule has 0 saturated carbocycles. The van der Waals surface area contributed by atoms with E-state index >= 15 is 0 Å². The van der Waals surface area contributed by atoms with Crippen molar-refractivity contribution in [1.29, 1.82) is 0 Å². The second-order valence-electron chi connectivity index (χ2n) is 5.46. The molecule has 0 aliphatic heterocycles. The number of carbonyl (C=O) groups excluding carboxylic acids is 2. The minimum absolute atomic E-state index is 0.0270. The van der Waals surface area contributed by atoms with Gasteiger partial charge in [0.1, 0.15) is 0 Å². The SMILES string of the molecule is C=CC(=O)C(C)c1ccc(C(=O)Oc2ncc(CCC)cn2)cc1. The summed E-state index contributed by atoms with van der Waals surface area (Å²) in [5.74, 6) is -0.889. The van der Waals surface area contributed by atoms with Crippen LogP contribution in [0.5, 0.6) is 6.01 Å². The first kappa shape index (κ1) is 17.5. The van der Waals surface area contributed by atoms with Crippen LogP contribution in [0.4, 0.5) is 0 Å². The van der Waals surface area contributed by atoms with Crippen LogP contribution in [0.1, 0.15) is 47.7 Å². The van der Waals surface area contributed by atoms with Crippen LogP contribution in [0.25, 0.3) is 0 Å². The standard InChI is InChI=1S/C19H20N2O3/c1-4-6-14-11-20-19(21-12-14)24-18(23)16-9-7-15(8-10-16)13(3)17(22)5-2/h5,7-13H,2,4,6H2,1,3H3. The molecule has 2 aromatic rings. The molecule has 0 saturated heterocycles. The van der Waals surface area contributed by atoms with Crippen LogP contribution in [0.15, 0.2) is 49.3 Å². The summed E-state index contributed by atoms with van der Waals surface area (Å²) in [7, 11) is 0. The maximum Gasteiger partial charge on any atom is 0.345 e. The predicted octanol–water partition coefficient (Wildman–Crippen LogP) is 3.51. The summed E-state index contributed by atoms with van der Waals surface area (Å²) in [5.41, 5.74) is 2.19. The van der Waals surface area contributed by atoms with E-state index in [0.717, 1.165) is 24.0 Å². The Labute approximate surface area is 141 Å². The molecular weight excluding hydrogens is 304 g/mol. The maximum absolute atomic E-state index is 12.1. The van der Waals surface area contributed by atoms with Crippen LogP contribution in [0.3, 0.4) is 0 Å². The summed E-state index contributed by atoms with van der Waals surface area (Å²) in [4.78, 5) is 31.8. The molecule has 0 aliphatic carbocycles. The average Bonchev–Trinajstić information content (AvgIpc) is 2.62. The van der Waals surface area contributed by atoms with Gasteiger partial charge in [-0.15, -0.1) is 0 Å². The Morgan fingerprint density at radius 2 is 1.83 bits per heavy atom. The van der Waals surface area contributed by atoms with Crippen LogP contribution in [-0.2, 0) is 11.2 Å². The fraction of sp³-hybridized carbons (Fsp3) is 0.263. The van der Waals surface area contributed by atoms with Crippen molar-refractivity contribution in [3.05, 3.63) is 66.0 Å². The monoisotopic (exact) mass is 324 g/mol. The van der Waals surface area contributed by atoms with Crippen molar-refractivity contribution < 1.29 is 14.3 Å². The molecule has 124 valence electrons. The molecule has 1 aromatic carbocycles. The number of benzene rings is 1. The molecular formula is C19H20N2O3. The predicted molar refractivity (Wildman–Crippen MR) is 91.0 cm³/mol. The van der Waals surface area contributed by atoms with E-state index in [-0.39, 0.29) is 17.7 Å². The molecule has 2 rings (SSSR count). The average molecular weight is 324 g/mol. The zero-order chi connectivity index (χ0) is 17.5. The topological polar surface area (TPSA) is 69.2 Å². The van der Waals surface area contributed by atoms with E-state index in [1.165, 1.54) is 6.08 Å². The van der Waals surface area contributed by atoms with E-state index in [4.69, 9.17) is 4.74 Å². The lowest BCUT2D eigenvalue weighted by Gasteiger charge is -2.09. The van der Waals surface area contributed by atoms with Gasteiger partial charge in [-0.25, -0.2) is 14.8 Å². The number of rotatable bonds is 7. The van der Waals surface area contributed by atoms with Crippen molar-refractivity contribution >= 4 is 11.8 Å². The van der Waals surface area contributed by atoms with E-state index in [2.05, 4.69) is 23.5 Å². The van der Waals surface area contributed by atoms with E-state index in [1.54, 1.807) is 43.6 Å². The summed E-state index contributed by atoms with van der Waals surface area (Å²) in [6, 6.07) is 6.73. The second kappa shape index (κ2) is 8.15. The van der Waals surface area contributed by atoms with Crippen molar-refractivity contribution in [3.8, 4) is 6.01 Å². The maximum atomic E-state index is 12.1. The summed E-state index contributed by atoms with van der Waals surface area (Å²) >= 11 is 0. The molecule has 0 amide bonds. The molecule has 0 fully saturated rings. The Morgan fingerprint density at radius 1 is 1.21 bits per heavy atom. The zero-order valence-corrected chi connectivity index (χ0v) is 13.9. The molecule has 0 spiro atoms. The quantitative estimate of drug-likeness (QED) is 0.576. The van der Waals surface area contributed by atoms with Gasteiger partial charge in [-0.3, -0.25) is 4.79 Å². The number of hydrogen-bond acceptors (Lipinski definition) is 5. The van der Waals surface area contributed by atoms with Crippen LogP contribution >= 0.6 is 0 Å². The fourth-order valence-corrected chi connectivity index (χ4v) is 2.20. The highest BCUT2D eigenvalue weighted by Gasteiger charge is 2.14. The first-order valence-corrected chi connectivity index (χ1v) is 7.84. The largest absolute Gasteiger partial charge is 0.387 e. The number of hydrogen-bond donors (Lipinski definition) is 0. The number of aromatic nitrogens is 2. The van der Waals surface area contributed by atoms with Gasteiger partial charge in [0.2, 0.25) is 0 Å². The zero-order valence-electron chi connectivity index (χ0n) is 13.9. The van der Waals surface area contributed by atoms with Crippen molar-refractivity contribution in [2.24, 2.45) is 0 Å². The van der Waals surface area contributed by atoms with Crippen molar-refractivity contribution in [1.82, 2.24) is 9.97 Å². The van der Waals surface area contributed by atoms with Crippen molar-refractivity contribution in [2.45, 2.75) is 32.6 Å². The highest BCUT2D eigenvalue weighted by atomic mass is 16.5. The van der Waals surface area contributed by atoms with Crippen LogP contribution < -0.4 is 4.74 Å². The van der Waals surface area contributed by atoms with Crippen molar-refractivity contribution in [3.63, 3.8) is 0 Å². The van der Waals surface area contributed by atoms with Gasteiger partial charge in [-0.05, 0) is 35.8 Å². The number of aryl methyl sites for hydroxylation is 1. The number of ketones is 1. The van der Waals surface area contributed by atoms with Gasteiger partial charge < -0.3 is 4.74 Å². The smallest absolute Gasteiger partial charge is 0.345 e. The molecule has 0 aliphatic rings. The second-order valence-corrected chi connectivity index (χ2v) is 5.46. The molecule has 1 unspecified atom stereocenters. The van der Waals surface area contributed by atoms with Crippen LogP contribution in [0, 0.1) is 0 Å². The fourth-order valence-electron chi connectivity index (χ4n) is 2.20. The third-order valence-electron chi connectivity index (χ3n) is 3.68. The highest BCUT2D eigenvalue weighted by molar-refractivity contribution is 5.95. The van der Waals surface area contributed by atoms with E-state index in [1.807, 2.05) is 0 Å². The van der Waals surface area contributed by atoms with E-state index < -0.39 is 5.97 Å². The number of allylic oxidation sites excluding steroid dienone is 1. The Hall–Kier alpha value is -2.82. The first-order chi connectivity index (χ1) is 11.5. The van der Waals surface area contributed by atoms with Gasteiger partial charge in [-0.2, -0.15) is 0 Å². The van der Waals surface area contributed by atoms with Gasteiger partial charge in [0.15, 0.2) is 5.78 Å². The van der Waals surface area contributed by atoms with E-state index in [9.17, 15) is 9.59 Å². The molecule has 5 nitrogen and oxygen atoms in total. The normalized spacial score (nSPS) is 11.6. The minimum atomic E-state index is -0.535. The third-order valence-corrected chi connectivity index (χ3v) is 3.68. The first-order valence-electron chi connectivity index (χ1n) is 7.84. The number of esters is 1. The Balaban J connectivity index is 2.04. The number of carbonyl (C=O) groups is 2. The number of nitrogens with zero attached hydrogens (tertiary/aromatic N) is 2. The third kappa shape index (κ3) is 4.35. The molecule has 0 N–H and O–H groups in total.